The molecule has 0 radical (unpaired) electrons. The van der Waals surface area contributed by atoms with Crippen molar-refractivity contribution in [3.8, 4) is 0 Å². The van der Waals surface area contributed by atoms with E-state index in [0.29, 0.717) is 17.5 Å². The SMILES string of the molecule is O=C(O)c1cccc(C2CCCN(Cc3cncn3C3CC3)C2)c1. The highest BCUT2D eigenvalue weighted by Crippen LogP contribution is 2.36. The Morgan fingerprint density at radius 1 is 1.29 bits per heavy atom. The Labute approximate surface area is 141 Å². The van der Waals surface area contributed by atoms with E-state index in [-0.39, 0.29) is 0 Å². The van der Waals surface area contributed by atoms with E-state index in [4.69, 9.17) is 0 Å². The lowest BCUT2D eigenvalue weighted by molar-refractivity contribution is 0.0696. The lowest BCUT2D eigenvalue weighted by Crippen LogP contribution is -2.34. The maximum Gasteiger partial charge on any atom is 0.335 e. The van der Waals surface area contributed by atoms with Gasteiger partial charge in [0.05, 0.1) is 17.6 Å². The summed E-state index contributed by atoms with van der Waals surface area (Å²) in [6, 6.07) is 8.09. The van der Waals surface area contributed by atoms with Crippen LogP contribution < -0.4 is 0 Å². The number of rotatable bonds is 5. The molecule has 1 aromatic heterocycles. The lowest BCUT2D eigenvalue weighted by Gasteiger charge is -2.33. The molecule has 0 bridgehead atoms. The van der Waals surface area contributed by atoms with Gasteiger partial charge < -0.3 is 9.67 Å². The first-order chi connectivity index (χ1) is 11.7. The molecule has 1 unspecified atom stereocenters. The summed E-state index contributed by atoms with van der Waals surface area (Å²) < 4.78 is 2.33. The van der Waals surface area contributed by atoms with Crippen LogP contribution in [0.2, 0.25) is 0 Å². The lowest BCUT2D eigenvalue weighted by atomic mass is 9.89. The zero-order valence-electron chi connectivity index (χ0n) is 13.8. The van der Waals surface area contributed by atoms with Gasteiger partial charge in [-0.2, -0.15) is 0 Å². The number of likely N-dealkylation sites (tertiary alicyclic amines) is 1. The van der Waals surface area contributed by atoms with E-state index in [1.54, 1.807) is 6.07 Å². The number of hydrogen-bond acceptors (Lipinski definition) is 3. The zero-order chi connectivity index (χ0) is 16.5. The van der Waals surface area contributed by atoms with Gasteiger partial charge in [-0.15, -0.1) is 0 Å². The van der Waals surface area contributed by atoms with Gasteiger partial charge in [0, 0.05) is 25.3 Å². The molecule has 1 saturated carbocycles. The first-order valence-corrected chi connectivity index (χ1v) is 8.77. The minimum absolute atomic E-state index is 0.386. The van der Waals surface area contributed by atoms with Gasteiger partial charge >= 0.3 is 5.97 Å². The Kier molecular flexibility index (Phi) is 4.10. The fraction of sp³-hybridized carbons (Fsp3) is 0.474. The summed E-state index contributed by atoms with van der Waals surface area (Å²) in [5.41, 5.74) is 2.84. The van der Waals surface area contributed by atoms with Crippen LogP contribution in [0.5, 0.6) is 0 Å². The number of aromatic nitrogens is 2. The number of benzene rings is 1. The van der Waals surface area contributed by atoms with Crippen LogP contribution in [-0.4, -0.2) is 38.6 Å². The summed E-state index contributed by atoms with van der Waals surface area (Å²) in [5.74, 6) is -0.437. The predicted molar refractivity (Wildman–Crippen MR) is 91.2 cm³/mol. The Hall–Kier alpha value is -2.14. The third-order valence-corrected chi connectivity index (χ3v) is 5.18. The third kappa shape index (κ3) is 3.22. The number of carboxylic acids is 1. The molecule has 0 amide bonds. The van der Waals surface area contributed by atoms with Crippen LogP contribution in [0.3, 0.4) is 0 Å². The molecule has 1 aliphatic heterocycles. The molecular formula is C19H23N3O2. The maximum atomic E-state index is 11.2. The topological polar surface area (TPSA) is 58.4 Å². The van der Waals surface area contributed by atoms with E-state index in [0.717, 1.165) is 38.0 Å². The molecular weight excluding hydrogens is 302 g/mol. The van der Waals surface area contributed by atoms with Crippen LogP contribution in [0.25, 0.3) is 0 Å². The van der Waals surface area contributed by atoms with Crippen molar-refractivity contribution in [3.63, 3.8) is 0 Å². The first kappa shape index (κ1) is 15.4. The Morgan fingerprint density at radius 3 is 2.96 bits per heavy atom. The smallest absolute Gasteiger partial charge is 0.335 e. The van der Waals surface area contributed by atoms with Crippen LogP contribution >= 0.6 is 0 Å². The molecule has 126 valence electrons. The first-order valence-electron chi connectivity index (χ1n) is 8.77. The van der Waals surface area contributed by atoms with E-state index < -0.39 is 5.97 Å². The van der Waals surface area contributed by atoms with E-state index in [2.05, 4.69) is 20.5 Å². The number of nitrogens with zero attached hydrogens (tertiary/aromatic N) is 3. The van der Waals surface area contributed by atoms with Crippen LogP contribution in [-0.2, 0) is 6.54 Å². The highest BCUT2D eigenvalue weighted by atomic mass is 16.4. The number of carbonyl (C=O) groups is 1. The summed E-state index contributed by atoms with van der Waals surface area (Å²) in [5, 5.41) is 9.20. The third-order valence-electron chi connectivity index (χ3n) is 5.18. The second kappa shape index (κ2) is 6.40. The van der Waals surface area contributed by atoms with Gasteiger partial charge in [-0.25, -0.2) is 9.78 Å². The number of carboxylic acid groups (broad SMARTS) is 1. The van der Waals surface area contributed by atoms with Crippen LogP contribution in [0.15, 0.2) is 36.8 Å². The van der Waals surface area contributed by atoms with E-state index >= 15 is 0 Å². The summed E-state index contributed by atoms with van der Waals surface area (Å²) in [4.78, 5) is 18.0. The zero-order valence-corrected chi connectivity index (χ0v) is 13.8. The van der Waals surface area contributed by atoms with Crippen molar-refractivity contribution in [1.29, 1.82) is 0 Å². The van der Waals surface area contributed by atoms with Crippen molar-refractivity contribution < 1.29 is 9.90 Å². The molecule has 5 heteroatoms. The number of imidazole rings is 1. The number of aromatic carboxylic acids is 1. The largest absolute Gasteiger partial charge is 0.478 e. The highest BCUT2D eigenvalue weighted by molar-refractivity contribution is 5.87. The van der Waals surface area contributed by atoms with Crippen molar-refractivity contribution in [2.24, 2.45) is 0 Å². The highest BCUT2D eigenvalue weighted by Gasteiger charge is 2.27. The van der Waals surface area contributed by atoms with Crippen LogP contribution in [0.1, 0.15) is 59.3 Å². The fourth-order valence-electron chi connectivity index (χ4n) is 3.76. The Bertz CT molecular complexity index is 736. The molecule has 1 atom stereocenters. The Morgan fingerprint density at radius 2 is 2.17 bits per heavy atom. The van der Waals surface area contributed by atoms with Gasteiger partial charge in [-0.1, -0.05) is 12.1 Å². The van der Waals surface area contributed by atoms with Gasteiger partial charge in [0.1, 0.15) is 0 Å². The molecule has 2 aromatic rings. The van der Waals surface area contributed by atoms with Crippen LogP contribution in [0, 0.1) is 0 Å². The van der Waals surface area contributed by atoms with Crippen molar-refractivity contribution in [2.75, 3.05) is 13.1 Å². The van der Waals surface area contributed by atoms with Crippen LogP contribution in [0.4, 0.5) is 0 Å². The van der Waals surface area contributed by atoms with Crippen molar-refractivity contribution >= 4 is 5.97 Å². The normalized spacial score (nSPS) is 21.8. The molecule has 2 heterocycles. The number of piperidine rings is 1. The molecule has 1 aliphatic carbocycles. The molecule has 0 spiro atoms. The van der Waals surface area contributed by atoms with E-state index in [9.17, 15) is 9.90 Å². The van der Waals surface area contributed by atoms with Gasteiger partial charge in [0.15, 0.2) is 0 Å². The van der Waals surface area contributed by atoms with E-state index in [1.807, 2.05) is 24.7 Å². The summed E-state index contributed by atoms with van der Waals surface area (Å²) in [6.45, 7) is 3.02. The summed E-state index contributed by atoms with van der Waals surface area (Å²) in [6.07, 6.45) is 8.78. The average Bonchev–Trinajstić information content (AvgIpc) is 3.35. The maximum absolute atomic E-state index is 11.2. The Balaban J connectivity index is 1.46. The molecule has 24 heavy (non-hydrogen) atoms. The fourth-order valence-corrected chi connectivity index (χ4v) is 3.76. The number of hydrogen-bond donors (Lipinski definition) is 1. The van der Waals surface area contributed by atoms with Crippen molar-refractivity contribution in [3.05, 3.63) is 53.6 Å². The van der Waals surface area contributed by atoms with Gasteiger partial charge in [-0.3, -0.25) is 4.90 Å². The second-order valence-corrected chi connectivity index (χ2v) is 7.03. The minimum atomic E-state index is -0.849. The molecule has 1 aromatic carbocycles. The average molecular weight is 325 g/mol. The van der Waals surface area contributed by atoms with Crippen molar-refractivity contribution in [2.45, 2.75) is 44.2 Å². The van der Waals surface area contributed by atoms with Gasteiger partial charge in [0.2, 0.25) is 0 Å². The quantitative estimate of drug-likeness (QED) is 0.916. The minimum Gasteiger partial charge on any atom is -0.478 e. The molecule has 2 aliphatic rings. The monoisotopic (exact) mass is 325 g/mol. The molecule has 1 N–H and O–H groups in total. The second-order valence-electron chi connectivity index (χ2n) is 7.03. The van der Waals surface area contributed by atoms with Crippen molar-refractivity contribution in [1.82, 2.24) is 14.5 Å². The molecule has 1 saturated heterocycles. The standard InChI is InChI=1S/C19H23N3O2/c23-19(24)15-4-1-3-14(9-15)16-5-2-8-21(11-16)12-18-10-20-13-22(18)17-6-7-17/h1,3-4,9-10,13,16-17H,2,5-8,11-12H2,(H,23,24). The van der Waals surface area contributed by atoms with E-state index in [1.165, 1.54) is 18.5 Å². The van der Waals surface area contributed by atoms with Gasteiger partial charge in [0.25, 0.3) is 0 Å². The molecule has 2 fully saturated rings. The summed E-state index contributed by atoms with van der Waals surface area (Å²) in [7, 11) is 0. The summed E-state index contributed by atoms with van der Waals surface area (Å²) >= 11 is 0. The molecule has 5 nitrogen and oxygen atoms in total. The predicted octanol–water partition coefficient (Wildman–Crippen LogP) is 3.30. The molecule has 4 rings (SSSR count). The van der Waals surface area contributed by atoms with Gasteiger partial charge in [-0.05, 0) is 55.8 Å².